The predicted octanol–water partition coefficient (Wildman–Crippen LogP) is 2.08. The summed E-state index contributed by atoms with van der Waals surface area (Å²) in [5.41, 5.74) is 0.993. The molecule has 2 aliphatic rings. The molecule has 1 unspecified atom stereocenters. The molecule has 1 aromatic heterocycles. The highest BCUT2D eigenvalue weighted by molar-refractivity contribution is 7.89. The maximum Gasteiger partial charge on any atom is 0.245 e. The van der Waals surface area contributed by atoms with E-state index >= 15 is 0 Å². The van der Waals surface area contributed by atoms with Crippen molar-refractivity contribution in [1.82, 2.24) is 23.3 Å². The van der Waals surface area contributed by atoms with Crippen molar-refractivity contribution >= 4 is 38.7 Å². The molecule has 1 aromatic carbocycles. The zero-order chi connectivity index (χ0) is 21.0. The molecule has 164 valence electrons. The van der Waals surface area contributed by atoms with Crippen molar-refractivity contribution in [2.75, 3.05) is 39.3 Å². The smallest absolute Gasteiger partial charge is 0.245 e. The number of fused-ring (bicyclic) bond motifs is 1. The van der Waals surface area contributed by atoms with Crippen LogP contribution in [0.1, 0.15) is 38.5 Å². The topological polar surface area (TPSA) is 95.5 Å². The van der Waals surface area contributed by atoms with Crippen LogP contribution in [-0.4, -0.2) is 71.5 Å². The maximum atomic E-state index is 13.2. The van der Waals surface area contributed by atoms with Crippen molar-refractivity contribution in [3.05, 3.63) is 18.2 Å². The molecule has 0 bridgehead atoms. The number of nitrogens with zero attached hydrogens (tertiary/aromatic N) is 4. The fraction of sp³-hybridized carbons (Fsp3) is 0.650. The Bertz CT molecular complexity index is 972. The van der Waals surface area contributed by atoms with Gasteiger partial charge in [0.2, 0.25) is 15.9 Å². The monoisotopic (exact) mass is 451 g/mol. The van der Waals surface area contributed by atoms with Gasteiger partial charge in [-0.15, -0.1) is 0 Å². The zero-order valence-corrected chi connectivity index (χ0v) is 18.8. The van der Waals surface area contributed by atoms with Gasteiger partial charge in [-0.3, -0.25) is 4.79 Å². The minimum absolute atomic E-state index is 0.0397. The largest absolute Gasteiger partial charge is 0.356 e. The molecule has 4 rings (SSSR count). The van der Waals surface area contributed by atoms with Crippen LogP contribution in [-0.2, 0) is 14.8 Å². The number of carbonyl (C=O) groups is 1. The minimum atomic E-state index is -3.71. The highest BCUT2D eigenvalue weighted by Crippen LogP contribution is 2.28. The number of likely N-dealkylation sites (tertiary alicyclic amines) is 1. The SMILES string of the molecule is O=C(NCCCN1CCCCC1)C1CCCN(S(=O)(=O)c2cccc3nsnc23)C1. The summed E-state index contributed by atoms with van der Waals surface area (Å²) in [6, 6.07) is 5.02. The van der Waals surface area contributed by atoms with Crippen LogP contribution in [0, 0.1) is 5.92 Å². The first-order valence-corrected chi connectivity index (χ1v) is 12.9. The van der Waals surface area contributed by atoms with Gasteiger partial charge in [0.05, 0.1) is 17.6 Å². The van der Waals surface area contributed by atoms with Gasteiger partial charge in [0.15, 0.2) is 0 Å². The molecule has 0 saturated carbocycles. The predicted molar refractivity (Wildman–Crippen MR) is 117 cm³/mol. The van der Waals surface area contributed by atoms with E-state index in [0.717, 1.165) is 37.8 Å². The van der Waals surface area contributed by atoms with Crippen LogP contribution < -0.4 is 5.32 Å². The first-order valence-electron chi connectivity index (χ1n) is 10.8. The Morgan fingerprint density at radius 2 is 1.97 bits per heavy atom. The molecule has 1 N–H and O–H groups in total. The van der Waals surface area contributed by atoms with Crippen molar-refractivity contribution in [2.24, 2.45) is 5.92 Å². The van der Waals surface area contributed by atoms with Crippen LogP contribution in [0.4, 0.5) is 0 Å². The molecule has 30 heavy (non-hydrogen) atoms. The van der Waals surface area contributed by atoms with Crippen molar-refractivity contribution in [2.45, 2.75) is 43.4 Å². The number of aromatic nitrogens is 2. The second-order valence-corrected chi connectivity index (χ2v) is 10.6. The molecular weight excluding hydrogens is 422 g/mol. The number of sulfonamides is 1. The van der Waals surface area contributed by atoms with Gasteiger partial charge in [0.25, 0.3) is 0 Å². The number of rotatable bonds is 7. The lowest BCUT2D eigenvalue weighted by Crippen LogP contribution is -2.45. The van der Waals surface area contributed by atoms with Crippen LogP contribution in [0.3, 0.4) is 0 Å². The Balaban J connectivity index is 1.33. The fourth-order valence-electron chi connectivity index (χ4n) is 4.34. The first-order chi connectivity index (χ1) is 14.6. The lowest BCUT2D eigenvalue weighted by Gasteiger charge is -2.31. The summed E-state index contributed by atoms with van der Waals surface area (Å²) >= 11 is 1.01. The van der Waals surface area contributed by atoms with Gasteiger partial charge < -0.3 is 10.2 Å². The molecule has 2 aromatic rings. The van der Waals surface area contributed by atoms with Crippen molar-refractivity contribution in [3.63, 3.8) is 0 Å². The number of nitrogens with one attached hydrogen (secondary N) is 1. The van der Waals surface area contributed by atoms with Crippen LogP contribution in [0.15, 0.2) is 23.1 Å². The van der Waals surface area contributed by atoms with E-state index < -0.39 is 10.0 Å². The number of amides is 1. The van der Waals surface area contributed by atoms with Gasteiger partial charge in [-0.05, 0) is 63.9 Å². The van der Waals surface area contributed by atoms with E-state index in [1.807, 2.05) is 0 Å². The van der Waals surface area contributed by atoms with Gasteiger partial charge in [-0.1, -0.05) is 12.5 Å². The Morgan fingerprint density at radius 1 is 1.13 bits per heavy atom. The normalized spacial score (nSPS) is 21.7. The number of hydrogen-bond donors (Lipinski definition) is 1. The third-order valence-corrected chi connectivity index (χ3v) is 8.46. The summed E-state index contributed by atoms with van der Waals surface area (Å²) in [7, 11) is -3.71. The average Bonchev–Trinajstić information content (AvgIpc) is 3.26. The Labute approximate surface area is 182 Å². The Morgan fingerprint density at radius 3 is 2.80 bits per heavy atom. The summed E-state index contributed by atoms with van der Waals surface area (Å²) in [5, 5.41) is 3.02. The van der Waals surface area contributed by atoms with Crippen molar-refractivity contribution in [1.29, 1.82) is 0 Å². The summed E-state index contributed by atoms with van der Waals surface area (Å²) in [4.78, 5) is 15.3. The quantitative estimate of drug-likeness (QED) is 0.648. The highest BCUT2D eigenvalue weighted by Gasteiger charge is 2.34. The van der Waals surface area contributed by atoms with Crippen LogP contribution in [0.5, 0.6) is 0 Å². The zero-order valence-electron chi connectivity index (χ0n) is 17.1. The Kier molecular flexibility index (Phi) is 6.97. The lowest BCUT2D eigenvalue weighted by atomic mass is 9.99. The van der Waals surface area contributed by atoms with E-state index in [1.165, 1.54) is 23.6 Å². The third-order valence-electron chi connectivity index (χ3n) is 6.02. The molecule has 1 atom stereocenters. The van der Waals surface area contributed by atoms with Crippen molar-refractivity contribution < 1.29 is 13.2 Å². The van der Waals surface area contributed by atoms with Crippen molar-refractivity contribution in [3.8, 4) is 0 Å². The van der Waals surface area contributed by atoms with E-state index in [2.05, 4.69) is 19.0 Å². The molecule has 0 aliphatic carbocycles. The van der Waals surface area contributed by atoms with Gasteiger partial charge in [0, 0.05) is 19.6 Å². The summed E-state index contributed by atoms with van der Waals surface area (Å²) < 4.78 is 36.2. The van der Waals surface area contributed by atoms with E-state index in [4.69, 9.17) is 0 Å². The second-order valence-electron chi connectivity index (χ2n) is 8.14. The third kappa shape index (κ3) is 4.82. The van der Waals surface area contributed by atoms with E-state index in [9.17, 15) is 13.2 Å². The van der Waals surface area contributed by atoms with Crippen LogP contribution in [0.25, 0.3) is 11.0 Å². The number of hydrogen-bond acceptors (Lipinski definition) is 7. The lowest BCUT2D eigenvalue weighted by molar-refractivity contribution is -0.126. The molecule has 8 nitrogen and oxygen atoms in total. The molecule has 3 heterocycles. The molecule has 2 fully saturated rings. The molecule has 1 amide bonds. The van der Waals surface area contributed by atoms with Gasteiger partial charge in [-0.25, -0.2) is 8.42 Å². The van der Waals surface area contributed by atoms with Gasteiger partial charge >= 0.3 is 0 Å². The van der Waals surface area contributed by atoms with E-state index in [1.54, 1.807) is 18.2 Å². The maximum absolute atomic E-state index is 13.2. The van der Waals surface area contributed by atoms with Gasteiger partial charge in [0.1, 0.15) is 15.9 Å². The highest BCUT2D eigenvalue weighted by atomic mass is 32.2. The molecule has 10 heteroatoms. The summed E-state index contributed by atoms with van der Waals surface area (Å²) in [5.74, 6) is -0.349. The number of piperidine rings is 2. The molecule has 2 aliphatic heterocycles. The van der Waals surface area contributed by atoms with E-state index in [-0.39, 0.29) is 23.3 Å². The number of benzene rings is 1. The molecule has 2 saturated heterocycles. The average molecular weight is 452 g/mol. The fourth-order valence-corrected chi connectivity index (χ4v) is 6.62. The second kappa shape index (κ2) is 9.67. The van der Waals surface area contributed by atoms with Crippen LogP contribution in [0.2, 0.25) is 0 Å². The number of carbonyl (C=O) groups excluding carboxylic acids is 1. The Hall–Kier alpha value is -1.62. The minimum Gasteiger partial charge on any atom is -0.356 e. The summed E-state index contributed by atoms with van der Waals surface area (Å²) in [6.45, 7) is 4.61. The summed E-state index contributed by atoms with van der Waals surface area (Å²) in [6.07, 6.45) is 6.18. The standard InChI is InChI=1S/C20H29N5O3S2/c26-20(21-10-6-13-24-11-2-1-3-12-24)16-7-5-14-25(15-16)30(27,28)18-9-4-8-17-19(18)23-29-22-17/h4,8-9,16H,1-3,5-7,10-15H2,(H,21,26). The van der Waals surface area contributed by atoms with E-state index in [0.29, 0.717) is 37.0 Å². The molecule has 0 radical (unpaired) electrons. The van der Waals surface area contributed by atoms with Gasteiger partial charge in [-0.2, -0.15) is 13.1 Å². The van der Waals surface area contributed by atoms with Crippen LogP contribution >= 0.6 is 11.7 Å². The molecular formula is C20H29N5O3S2. The molecule has 0 spiro atoms. The first kappa shape index (κ1) is 21.6.